The van der Waals surface area contributed by atoms with Crippen LogP contribution in [0.2, 0.25) is 0 Å². The number of amides is 4. The van der Waals surface area contributed by atoms with Crippen molar-refractivity contribution in [2.75, 3.05) is 26.2 Å². The van der Waals surface area contributed by atoms with Gasteiger partial charge in [0.2, 0.25) is 23.6 Å². The van der Waals surface area contributed by atoms with Gasteiger partial charge in [0.15, 0.2) is 0 Å². The van der Waals surface area contributed by atoms with Crippen molar-refractivity contribution in [2.45, 2.75) is 426 Å². The number of carbonyl (C=O) groups excluding carboxylic acids is 4. The highest BCUT2D eigenvalue weighted by Crippen LogP contribution is 2.39. The molecule has 0 bridgehead atoms. The van der Waals surface area contributed by atoms with E-state index in [2.05, 4.69) is 73.3 Å². The van der Waals surface area contributed by atoms with Crippen LogP contribution in [0.25, 0.3) is 0 Å². The second-order valence-electron chi connectivity index (χ2n) is 28.5. The molecule has 4 amide bonds. The van der Waals surface area contributed by atoms with Gasteiger partial charge in [-0.1, -0.05) is 360 Å². The molecule has 90 heavy (non-hydrogen) atoms. The summed E-state index contributed by atoms with van der Waals surface area (Å²) in [6, 6.07) is 0. The molecule has 4 unspecified atom stereocenters. The van der Waals surface area contributed by atoms with Gasteiger partial charge in [-0.3, -0.25) is 19.2 Å². The van der Waals surface area contributed by atoms with Crippen LogP contribution in [0, 0.1) is 23.7 Å². The predicted molar refractivity (Wildman–Crippen MR) is 393 cm³/mol. The van der Waals surface area contributed by atoms with E-state index in [0.29, 0.717) is 26.2 Å². The molecular weight excluding hydrogens is 1100 g/mol. The Hall–Kier alpha value is -2.64. The van der Waals surface area contributed by atoms with Gasteiger partial charge < -0.3 is 21.3 Å². The number of allylic oxidation sites excluding steroid dienone is 4. The summed E-state index contributed by atoms with van der Waals surface area (Å²) in [6.07, 6.45) is 86.2. The van der Waals surface area contributed by atoms with Crippen LogP contribution in [-0.4, -0.2) is 49.8 Å². The quantitative estimate of drug-likeness (QED) is 0.0359. The molecule has 1 fully saturated rings. The van der Waals surface area contributed by atoms with Crippen molar-refractivity contribution in [3.63, 3.8) is 0 Å². The minimum absolute atomic E-state index is 0.132. The van der Waals surface area contributed by atoms with Crippen molar-refractivity contribution < 1.29 is 19.2 Å². The maximum absolute atomic E-state index is 14.4. The average Bonchev–Trinajstić information content (AvgIpc) is 2.34. The Bertz CT molecular complexity index is 1500. The van der Waals surface area contributed by atoms with E-state index in [0.717, 1.165) is 64.2 Å². The summed E-state index contributed by atoms with van der Waals surface area (Å²) in [5.74, 6) is -3.16. The van der Waals surface area contributed by atoms with Crippen LogP contribution in [0.4, 0.5) is 0 Å². The summed E-state index contributed by atoms with van der Waals surface area (Å²) >= 11 is 0. The monoisotopic (exact) mass is 1260 g/mol. The van der Waals surface area contributed by atoms with Crippen molar-refractivity contribution in [1.29, 1.82) is 0 Å². The second-order valence-corrected chi connectivity index (χ2v) is 28.5. The molecule has 0 aromatic rings. The summed E-state index contributed by atoms with van der Waals surface area (Å²) in [7, 11) is 0. The predicted octanol–water partition coefficient (Wildman–Crippen LogP) is 24.3. The highest BCUT2D eigenvalue weighted by molar-refractivity contribution is 5.93. The highest BCUT2D eigenvalue weighted by atomic mass is 16.2. The molecular formula is C82H156N4O4. The van der Waals surface area contributed by atoms with Crippen molar-refractivity contribution in [1.82, 2.24) is 21.3 Å². The lowest BCUT2D eigenvalue weighted by molar-refractivity contribution is -0.147. The summed E-state index contributed by atoms with van der Waals surface area (Å²) < 4.78 is 0. The molecule has 8 heteroatoms. The van der Waals surface area contributed by atoms with E-state index in [4.69, 9.17) is 0 Å². The first-order chi connectivity index (χ1) is 44.4. The van der Waals surface area contributed by atoms with Gasteiger partial charge in [0.25, 0.3) is 0 Å². The van der Waals surface area contributed by atoms with Gasteiger partial charge in [0, 0.05) is 26.2 Å². The molecule has 528 valence electrons. The fraction of sp³-hybridized carbons (Fsp3) is 0.902. The van der Waals surface area contributed by atoms with E-state index in [1.165, 1.54) is 321 Å². The third kappa shape index (κ3) is 54.7. The normalized spacial score (nSPS) is 16.0. The first kappa shape index (κ1) is 85.4. The maximum atomic E-state index is 14.4. The van der Waals surface area contributed by atoms with Gasteiger partial charge >= 0.3 is 0 Å². The minimum Gasteiger partial charge on any atom is -0.356 e. The first-order valence-corrected chi connectivity index (χ1v) is 40.8. The lowest BCUT2D eigenvalue weighted by atomic mass is 9.66. The topological polar surface area (TPSA) is 116 Å². The Balaban J connectivity index is 2.87. The highest BCUT2D eigenvalue weighted by Gasteiger charge is 2.48. The molecule has 0 spiro atoms. The van der Waals surface area contributed by atoms with Crippen LogP contribution >= 0.6 is 0 Å². The molecule has 0 radical (unpaired) electrons. The van der Waals surface area contributed by atoms with E-state index in [-0.39, 0.29) is 36.5 Å². The molecule has 1 saturated carbocycles. The molecule has 0 saturated heterocycles. The molecule has 0 heterocycles. The molecule has 4 atom stereocenters. The van der Waals surface area contributed by atoms with Gasteiger partial charge in [0.1, 0.15) is 0 Å². The number of nitrogens with one attached hydrogen (secondary N) is 4. The Morgan fingerprint density at radius 1 is 0.211 bits per heavy atom. The van der Waals surface area contributed by atoms with E-state index in [9.17, 15) is 19.2 Å². The maximum Gasteiger partial charge on any atom is 0.223 e. The lowest BCUT2D eigenvalue weighted by Gasteiger charge is -2.38. The third-order valence-electron chi connectivity index (χ3n) is 20.0. The number of hydrogen-bond donors (Lipinski definition) is 4. The SMILES string of the molecule is CCCCCCCC/C=C\CCCCCCCCNC(=O)C1CC(C(=O)NCCCCCCCCCCCCCCCCCC)C(C(=O)NCCCCCCCCCCCCCCCCCC)CC1C(=O)NCCCCCCCC/C=C\CCCCCCCC. The lowest BCUT2D eigenvalue weighted by Crippen LogP contribution is -2.53. The molecule has 1 aliphatic carbocycles. The van der Waals surface area contributed by atoms with Crippen LogP contribution in [0.1, 0.15) is 426 Å². The van der Waals surface area contributed by atoms with Crippen LogP contribution in [0.5, 0.6) is 0 Å². The molecule has 1 rings (SSSR count). The van der Waals surface area contributed by atoms with Gasteiger partial charge in [0.05, 0.1) is 23.7 Å². The standard InChI is InChI=1S/C82H156N4O4/c1-5-9-13-17-21-25-29-33-37-41-45-49-53-57-61-65-69-83-79(87)75-73-77(81(89)85-71-67-63-59-55-51-47-43-39-35-31-27-23-19-15-11-7-3)78(82(90)86-72-68-64-60-56-52-48-44-40-36-32-28-24-20-16-12-8-4)74-76(75)80(88)84-70-66-62-58-54-50-46-42-38-34-30-26-22-18-14-10-6-2/h33-34,37-38,75-78H,5-32,35-36,39-74H2,1-4H3,(H,83,87)(H,84,88)(H,85,89)(H,86,90)/b37-33-,38-34-. The van der Waals surface area contributed by atoms with Gasteiger partial charge in [-0.2, -0.15) is 0 Å². The van der Waals surface area contributed by atoms with Gasteiger partial charge in [-0.15, -0.1) is 0 Å². The van der Waals surface area contributed by atoms with Crippen LogP contribution in [-0.2, 0) is 19.2 Å². The fourth-order valence-electron chi connectivity index (χ4n) is 13.8. The van der Waals surface area contributed by atoms with Gasteiger partial charge in [-0.05, 0) is 89.9 Å². The molecule has 0 aliphatic heterocycles. The number of rotatable bonds is 70. The van der Waals surface area contributed by atoms with Crippen molar-refractivity contribution in [2.24, 2.45) is 23.7 Å². The zero-order valence-electron chi connectivity index (χ0n) is 60.9. The van der Waals surface area contributed by atoms with Crippen molar-refractivity contribution >= 4 is 23.6 Å². The van der Waals surface area contributed by atoms with Crippen LogP contribution in [0.15, 0.2) is 24.3 Å². The smallest absolute Gasteiger partial charge is 0.223 e. The summed E-state index contributed by atoms with van der Waals surface area (Å²) in [5.41, 5.74) is 0. The number of carbonyl (C=O) groups is 4. The Labute approximate surface area is 561 Å². The Morgan fingerprint density at radius 2 is 0.344 bits per heavy atom. The Morgan fingerprint density at radius 3 is 0.500 bits per heavy atom. The largest absolute Gasteiger partial charge is 0.356 e. The summed E-state index contributed by atoms with van der Waals surface area (Å²) in [5, 5.41) is 13.0. The molecule has 0 aromatic heterocycles. The van der Waals surface area contributed by atoms with Crippen molar-refractivity contribution in [3.05, 3.63) is 24.3 Å². The third-order valence-corrected chi connectivity index (χ3v) is 20.0. The first-order valence-electron chi connectivity index (χ1n) is 40.8. The number of unbranched alkanes of at least 4 members (excludes halogenated alkanes) is 54. The van der Waals surface area contributed by atoms with Crippen molar-refractivity contribution in [3.8, 4) is 0 Å². The van der Waals surface area contributed by atoms with E-state index in [1.54, 1.807) is 0 Å². The zero-order chi connectivity index (χ0) is 64.9. The zero-order valence-corrected chi connectivity index (χ0v) is 60.9. The van der Waals surface area contributed by atoms with E-state index >= 15 is 0 Å². The fourth-order valence-corrected chi connectivity index (χ4v) is 13.8. The molecule has 1 aliphatic rings. The average molecular weight is 1260 g/mol. The second kappa shape index (κ2) is 69.2. The van der Waals surface area contributed by atoms with E-state index < -0.39 is 23.7 Å². The summed E-state index contributed by atoms with van der Waals surface area (Å²) in [4.78, 5) is 57.6. The van der Waals surface area contributed by atoms with Crippen LogP contribution < -0.4 is 21.3 Å². The molecule has 8 nitrogen and oxygen atoms in total. The summed E-state index contributed by atoms with van der Waals surface area (Å²) in [6.45, 7) is 11.4. The van der Waals surface area contributed by atoms with Crippen LogP contribution in [0.3, 0.4) is 0 Å². The molecule has 0 aromatic carbocycles. The molecule has 4 N–H and O–H groups in total. The van der Waals surface area contributed by atoms with E-state index in [1.807, 2.05) is 0 Å². The van der Waals surface area contributed by atoms with Gasteiger partial charge in [-0.25, -0.2) is 0 Å². The minimum atomic E-state index is -0.658. The number of hydrogen-bond acceptors (Lipinski definition) is 4. The Kier molecular flexibility index (Phi) is 65.6.